The van der Waals surface area contributed by atoms with E-state index in [0.29, 0.717) is 27.2 Å². The van der Waals surface area contributed by atoms with Gasteiger partial charge in [-0.3, -0.25) is 9.59 Å². The van der Waals surface area contributed by atoms with Gasteiger partial charge in [0.1, 0.15) is 6.04 Å². The van der Waals surface area contributed by atoms with Crippen molar-refractivity contribution in [2.75, 3.05) is 12.8 Å². The van der Waals surface area contributed by atoms with Gasteiger partial charge in [-0.25, -0.2) is 0 Å². The van der Waals surface area contributed by atoms with Crippen LogP contribution in [0.15, 0.2) is 72.8 Å². The molecular formula is C26H25Cl3N2O2S. The Bertz CT molecular complexity index is 1130. The van der Waals surface area contributed by atoms with Crippen molar-refractivity contribution in [3.8, 4) is 0 Å². The lowest BCUT2D eigenvalue weighted by molar-refractivity contribution is -0.139. The Kier molecular flexibility index (Phi) is 10.1. The largest absolute Gasteiger partial charge is 0.357 e. The van der Waals surface area contributed by atoms with E-state index in [1.165, 1.54) is 11.8 Å². The Morgan fingerprint density at radius 2 is 1.59 bits per heavy atom. The molecule has 0 fully saturated rings. The number of hydrogen-bond donors (Lipinski definition) is 1. The monoisotopic (exact) mass is 534 g/mol. The molecule has 0 aromatic heterocycles. The summed E-state index contributed by atoms with van der Waals surface area (Å²) >= 11 is 20.0. The van der Waals surface area contributed by atoms with Crippen molar-refractivity contribution in [2.45, 2.75) is 24.8 Å². The fourth-order valence-electron chi connectivity index (χ4n) is 3.50. The van der Waals surface area contributed by atoms with E-state index in [1.807, 2.05) is 60.7 Å². The minimum Gasteiger partial charge on any atom is -0.357 e. The van der Waals surface area contributed by atoms with Crippen LogP contribution < -0.4 is 5.32 Å². The molecule has 2 amide bonds. The van der Waals surface area contributed by atoms with Crippen LogP contribution in [-0.4, -0.2) is 35.6 Å². The normalized spacial score (nSPS) is 11.6. The molecule has 178 valence electrons. The highest BCUT2D eigenvalue weighted by Gasteiger charge is 2.29. The van der Waals surface area contributed by atoms with Gasteiger partial charge in [0.25, 0.3) is 0 Å². The molecular weight excluding hydrogens is 511 g/mol. The van der Waals surface area contributed by atoms with E-state index in [4.69, 9.17) is 34.8 Å². The maximum absolute atomic E-state index is 13.5. The van der Waals surface area contributed by atoms with Crippen LogP contribution in [0, 0.1) is 0 Å². The third-order valence-electron chi connectivity index (χ3n) is 5.30. The highest BCUT2D eigenvalue weighted by atomic mass is 35.5. The number of halogens is 3. The molecule has 0 saturated heterocycles. The Morgan fingerprint density at radius 3 is 2.26 bits per heavy atom. The zero-order valence-electron chi connectivity index (χ0n) is 18.6. The number of thioether (sulfide) groups is 1. The molecule has 0 aliphatic rings. The first kappa shape index (κ1) is 26.4. The van der Waals surface area contributed by atoms with E-state index in [9.17, 15) is 9.59 Å². The van der Waals surface area contributed by atoms with E-state index in [2.05, 4.69) is 5.32 Å². The first-order chi connectivity index (χ1) is 16.4. The van der Waals surface area contributed by atoms with E-state index < -0.39 is 6.04 Å². The minimum absolute atomic E-state index is 0.146. The number of amides is 2. The van der Waals surface area contributed by atoms with E-state index in [0.717, 1.165) is 16.7 Å². The molecule has 0 bridgehead atoms. The summed E-state index contributed by atoms with van der Waals surface area (Å²) in [6.45, 7) is 0.229. The summed E-state index contributed by atoms with van der Waals surface area (Å²) in [5.41, 5.74) is 2.72. The van der Waals surface area contributed by atoms with Gasteiger partial charge in [-0.15, -0.1) is 11.8 Å². The molecule has 3 rings (SSSR count). The van der Waals surface area contributed by atoms with Crippen molar-refractivity contribution in [1.29, 1.82) is 0 Å². The van der Waals surface area contributed by atoms with Crippen molar-refractivity contribution in [3.63, 3.8) is 0 Å². The molecule has 0 saturated carbocycles. The molecule has 0 spiro atoms. The van der Waals surface area contributed by atoms with Crippen LogP contribution in [0.5, 0.6) is 0 Å². The number of carbonyl (C=O) groups is 2. The molecule has 8 heteroatoms. The van der Waals surface area contributed by atoms with Crippen LogP contribution in [0.1, 0.15) is 16.7 Å². The van der Waals surface area contributed by atoms with E-state index in [-0.39, 0.29) is 24.1 Å². The minimum atomic E-state index is -0.685. The molecule has 0 radical (unpaired) electrons. The van der Waals surface area contributed by atoms with Crippen LogP contribution in [0.25, 0.3) is 0 Å². The lowest BCUT2D eigenvalue weighted by Crippen LogP contribution is -2.50. The number of benzene rings is 3. The van der Waals surface area contributed by atoms with Crippen LogP contribution >= 0.6 is 46.6 Å². The zero-order valence-corrected chi connectivity index (χ0v) is 21.7. The van der Waals surface area contributed by atoms with Gasteiger partial charge in [-0.2, -0.15) is 0 Å². The lowest BCUT2D eigenvalue weighted by atomic mass is 10.0. The predicted molar refractivity (Wildman–Crippen MR) is 143 cm³/mol. The van der Waals surface area contributed by atoms with Gasteiger partial charge in [0.2, 0.25) is 11.8 Å². The van der Waals surface area contributed by atoms with Gasteiger partial charge >= 0.3 is 0 Å². The van der Waals surface area contributed by atoms with Crippen LogP contribution in [0.4, 0.5) is 0 Å². The molecule has 1 atom stereocenters. The Hall–Kier alpha value is -2.18. The quantitative estimate of drug-likeness (QED) is 0.333. The molecule has 1 N–H and O–H groups in total. The van der Waals surface area contributed by atoms with Crippen LogP contribution in [0.3, 0.4) is 0 Å². The molecule has 4 nitrogen and oxygen atoms in total. The smallest absolute Gasteiger partial charge is 0.242 e. The lowest BCUT2D eigenvalue weighted by Gasteiger charge is -2.31. The molecule has 0 aliphatic carbocycles. The van der Waals surface area contributed by atoms with Crippen LogP contribution in [-0.2, 0) is 28.3 Å². The summed E-state index contributed by atoms with van der Waals surface area (Å²) < 4.78 is 0. The Labute approximate surface area is 219 Å². The molecule has 0 heterocycles. The number of rotatable bonds is 10. The highest BCUT2D eigenvalue weighted by molar-refractivity contribution is 7.99. The van der Waals surface area contributed by atoms with Gasteiger partial charge in [-0.1, -0.05) is 89.4 Å². The third kappa shape index (κ3) is 7.41. The fraction of sp³-hybridized carbons (Fsp3) is 0.231. The Balaban J connectivity index is 1.84. The second-order valence-electron chi connectivity index (χ2n) is 7.67. The number of nitrogens with one attached hydrogen (secondary N) is 1. The Morgan fingerprint density at radius 1 is 0.882 bits per heavy atom. The second-order valence-corrected chi connectivity index (χ2v) is 9.88. The van der Waals surface area contributed by atoms with Crippen molar-refractivity contribution >= 4 is 58.4 Å². The summed E-state index contributed by atoms with van der Waals surface area (Å²) in [4.78, 5) is 28.0. The van der Waals surface area contributed by atoms with Crippen molar-refractivity contribution in [2.24, 2.45) is 0 Å². The fourth-order valence-corrected chi connectivity index (χ4v) is 5.02. The number of nitrogens with zero attached hydrogens (tertiary/aromatic N) is 1. The summed E-state index contributed by atoms with van der Waals surface area (Å²) in [5, 5.41) is 4.22. The molecule has 34 heavy (non-hydrogen) atoms. The van der Waals surface area contributed by atoms with Gasteiger partial charge in [0.05, 0.1) is 15.8 Å². The highest BCUT2D eigenvalue weighted by Crippen LogP contribution is 2.25. The molecule has 3 aromatic rings. The average molecular weight is 536 g/mol. The summed E-state index contributed by atoms with van der Waals surface area (Å²) in [7, 11) is 1.58. The van der Waals surface area contributed by atoms with Gasteiger partial charge in [0, 0.05) is 30.8 Å². The predicted octanol–water partition coefficient (Wildman–Crippen LogP) is 6.27. The van der Waals surface area contributed by atoms with Crippen LogP contribution in [0.2, 0.25) is 15.1 Å². The van der Waals surface area contributed by atoms with E-state index in [1.54, 1.807) is 24.1 Å². The summed E-state index contributed by atoms with van der Waals surface area (Å²) in [6.07, 6.45) is 0.392. The standard InChI is InChI=1S/C26H25Cl3N2O2S/c1-30-26(33)24(14-18-7-3-2-4-8-18)31(15-19-11-12-22(28)23(29)13-19)25(32)17-34-16-20-9-5-6-10-21(20)27/h2-13,24H,14-17H2,1H3,(H,30,33). The maximum atomic E-state index is 13.5. The first-order valence-electron chi connectivity index (χ1n) is 10.7. The SMILES string of the molecule is CNC(=O)C(Cc1ccccc1)N(Cc1ccc(Cl)c(Cl)c1)C(=O)CSCc1ccccc1Cl. The maximum Gasteiger partial charge on any atom is 0.242 e. The summed E-state index contributed by atoms with van der Waals surface area (Å²) in [6, 6.07) is 21.8. The first-order valence-corrected chi connectivity index (χ1v) is 13.0. The van der Waals surface area contributed by atoms with Crippen molar-refractivity contribution < 1.29 is 9.59 Å². The van der Waals surface area contributed by atoms with Crippen molar-refractivity contribution in [3.05, 3.63) is 105 Å². The molecule has 0 aliphatic heterocycles. The molecule has 3 aromatic carbocycles. The van der Waals surface area contributed by atoms with Crippen molar-refractivity contribution in [1.82, 2.24) is 10.2 Å². The summed E-state index contributed by atoms with van der Waals surface area (Å²) in [5.74, 6) is 0.422. The van der Waals surface area contributed by atoms with Gasteiger partial charge in [0.15, 0.2) is 0 Å². The van der Waals surface area contributed by atoms with E-state index >= 15 is 0 Å². The number of carbonyl (C=O) groups excluding carboxylic acids is 2. The number of likely N-dealkylation sites (N-methyl/N-ethyl adjacent to an activating group) is 1. The van der Waals surface area contributed by atoms with Gasteiger partial charge < -0.3 is 10.2 Å². The number of hydrogen-bond acceptors (Lipinski definition) is 3. The average Bonchev–Trinajstić information content (AvgIpc) is 2.84. The second kappa shape index (κ2) is 13.1. The van der Waals surface area contributed by atoms with Gasteiger partial charge in [-0.05, 0) is 34.9 Å². The molecule has 1 unspecified atom stereocenters. The topological polar surface area (TPSA) is 49.4 Å². The zero-order chi connectivity index (χ0) is 24.5. The third-order valence-corrected chi connectivity index (χ3v) is 7.37.